The summed E-state index contributed by atoms with van der Waals surface area (Å²) in [6.45, 7) is 4.60. The van der Waals surface area contributed by atoms with Crippen molar-refractivity contribution in [3.8, 4) is 5.75 Å². The van der Waals surface area contributed by atoms with E-state index in [-0.39, 0.29) is 0 Å². The van der Waals surface area contributed by atoms with E-state index in [0.717, 1.165) is 30.9 Å². The summed E-state index contributed by atoms with van der Waals surface area (Å²) < 4.78 is 5.33. The lowest BCUT2D eigenvalue weighted by Crippen LogP contribution is -2.50. The zero-order valence-corrected chi connectivity index (χ0v) is 13.2. The summed E-state index contributed by atoms with van der Waals surface area (Å²) in [5.41, 5.74) is 1.29. The highest BCUT2D eigenvalue weighted by atomic mass is 16.5. The highest BCUT2D eigenvalue weighted by Gasteiger charge is 2.30. The lowest BCUT2D eigenvalue weighted by atomic mass is 10.1. The molecule has 1 heterocycles. The van der Waals surface area contributed by atoms with Crippen LogP contribution in [-0.4, -0.2) is 57.3 Å². The van der Waals surface area contributed by atoms with E-state index >= 15 is 0 Å². The molecule has 2 atom stereocenters. The third kappa shape index (κ3) is 3.33. The zero-order valence-electron chi connectivity index (χ0n) is 13.2. The van der Waals surface area contributed by atoms with E-state index in [4.69, 9.17) is 4.74 Å². The molecule has 1 aromatic carbocycles. The fourth-order valence-corrected chi connectivity index (χ4v) is 3.70. The third-order valence-corrected chi connectivity index (χ3v) is 5.06. The first kappa shape index (κ1) is 14.7. The smallest absolute Gasteiger partial charge is 0.120 e. The van der Waals surface area contributed by atoms with Gasteiger partial charge in [-0.15, -0.1) is 0 Å². The van der Waals surface area contributed by atoms with Crippen molar-refractivity contribution in [2.24, 2.45) is 0 Å². The Labute approximate surface area is 128 Å². The number of anilines is 1. The van der Waals surface area contributed by atoms with Crippen LogP contribution in [0.2, 0.25) is 0 Å². The predicted octanol–water partition coefficient (Wildman–Crippen LogP) is 1.96. The Kier molecular flexibility index (Phi) is 4.66. The fourth-order valence-electron chi connectivity index (χ4n) is 3.70. The SMILES string of the molecule is CNC1CCC(N2CCN(c3cccc(OC)c3)CC2)C1. The van der Waals surface area contributed by atoms with Crippen LogP contribution in [0.5, 0.6) is 5.75 Å². The number of methoxy groups -OCH3 is 1. The summed E-state index contributed by atoms with van der Waals surface area (Å²) in [7, 11) is 3.82. The van der Waals surface area contributed by atoms with Crippen molar-refractivity contribution in [3.63, 3.8) is 0 Å². The number of ether oxygens (including phenoxy) is 1. The van der Waals surface area contributed by atoms with Gasteiger partial charge in [0.15, 0.2) is 0 Å². The minimum absolute atomic E-state index is 0.728. The Bertz CT molecular complexity index is 457. The first-order valence-electron chi connectivity index (χ1n) is 8.10. The Balaban J connectivity index is 1.55. The van der Waals surface area contributed by atoms with Gasteiger partial charge in [0.05, 0.1) is 7.11 Å². The first-order valence-corrected chi connectivity index (χ1v) is 8.10. The number of hydrogen-bond acceptors (Lipinski definition) is 4. The normalized spacial score (nSPS) is 27.0. The maximum absolute atomic E-state index is 5.33. The van der Waals surface area contributed by atoms with Crippen LogP contribution in [-0.2, 0) is 0 Å². The van der Waals surface area contributed by atoms with E-state index in [0.29, 0.717) is 0 Å². The highest BCUT2D eigenvalue weighted by Crippen LogP contribution is 2.27. The van der Waals surface area contributed by atoms with Crippen molar-refractivity contribution in [2.75, 3.05) is 45.2 Å². The Hall–Kier alpha value is -1.26. The zero-order chi connectivity index (χ0) is 14.7. The number of hydrogen-bond donors (Lipinski definition) is 1. The van der Waals surface area contributed by atoms with Gasteiger partial charge in [-0.2, -0.15) is 0 Å². The average Bonchev–Trinajstić information content (AvgIpc) is 3.04. The highest BCUT2D eigenvalue weighted by molar-refractivity contribution is 5.51. The molecule has 1 aliphatic carbocycles. The van der Waals surface area contributed by atoms with E-state index in [2.05, 4.69) is 40.4 Å². The van der Waals surface area contributed by atoms with E-state index < -0.39 is 0 Å². The molecule has 0 bridgehead atoms. The monoisotopic (exact) mass is 289 g/mol. The molecular formula is C17H27N3O. The quantitative estimate of drug-likeness (QED) is 0.917. The van der Waals surface area contributed by atoms with Crippen molar-refractivity contribution >= 4 is 5.69 Å². The first-order chi connectivity index (χ1) is 10.3. The molecule has 2 aliphatic rings. The number of nitrogens with one attached hydrogen (secondary N) is 1. The standard InChI is InChI=1S/C17H27N3O/c1-18-14-6-7-16(12-14)20-10-8-19(9-11-20)15-4-3-5-17(13-15)21-2/h3-5,13-14,16,18H,6-12H2,1-2H3. The van der Waals surface area contributed by atoms with Crippen LogP contribution in [0.15, 0.2) is 24.3 Å². The number of benzene rings is 1. The second kappa shape index (κ2) is 6.67. The topological polar surface area (TPSA) is 27.7 Å². The van der Waals surface area contributed by atoms with E-state index in [1.807, 2.05) is 6.07 Å². The van der Waals surface area contributed by atoms with Crippen molar-refractivity contribution in [1.29, 1.82) is 0 Å². The van der Waals surface area contributed by atoms with Crippen LogP contribution in [0.4, 0.5) is 5.69 Å². The van der Waals surface area contributed by atoms with Gasteiger partial charge in [0.1, 0.15) is 5.75 Å². The van der Waals surface area contributed by atoms with Gasteiger partial charge in [0.25, 0.3) is 0 Å². The molecule has 21 heavy (non-hydrogen) atoms. The lowest BCUT2D eigenvalue weighted by Gasteiger charge is -2.39. The largest absolute Gasteiger partial charge is 0.497 e. The molecule has 0 aromatic heterocycles. The van der Waals surface area contributed by atoms with Gasteiger partial charge in [-0.25, -0.2) is 0 Å². The molecule has 1 aliphatic heterocycles. The predicted molar refractivity (Wildman–Crippen MR) is 87.3 cm³/mol. The summed E-state index contributed by atoms with van der Waals surface area (Å²) in [4.78, 5) is 5.16. The molecule has 0 spiro atoms. The maximum Gasteiger partial charge on any atom is 0.120 e. The van der Waals surface area contributed by atoms with E-state index in [9.17, 15) is 0 Å². The Morgan fingerprint density at radius 1 is 1.14 bits per heavy atom. The van der Waals surface area contributed by atoms with Gasteiger partial charge in [-0.3, -0.25) is 4.90 Å². The Morgan fingerprint density at radius 3 is 2.62 bits per heavy atom. The summed E-state index contributed by atoms with van der Waals surface area (Å²) in [5.74, 6) is 0.947. The van der Waals surface area contributed by atoms with Gasteiger partial charge in [-0.1, -0.05) is 6.07 Å². The van der Waals surface area contributed by atoms with Crippen LogP contribution < -0.4 is 15.0 Å². The molecule has 1 aromatic rings. The molecule has 116 valence electrons. The van der Waals surface area contributed by atoms with Crippen molar-refractivity contribution in [1.82, 2.24) is 10.2 Å². The minimum Gasteiger partial charge on any atom is -0.497 e. The molecule has 4 nitrogen and oxygen atoms in total. The molecule has 4 heteroatoms. The fraction of sp³-hybridized carbons (Fsp3) is 0.647. The number of rotatable bonds is 4. The summed E-state index contributed by atoms with van der Waals surface area (Å²) in [6, 6.07) is 9.93. The second-order valence-electron chi connectivity index (χ2n) is 6.18. The lowest BCUT2D eigenvalue weighted by molar-refractivity contribution is 0.185. The van der Waals surface area contributed by atoms with Gasteiger partial charge < -0.3 is 15.0 Å². The van der Waals surface area contributed by atoms with Gasteiger partial charge in [0.2, 0.25) is 0 Å². The van der Waals surface area contributed by atoms with E-state index in [1.54, 1.807) is 7.11 Å². The second-order valence-corrected chi connectivity index (χ2v) is 6.18. The maximum atomic E-state index is 5.33. The number of nitrogens with zero attached hydrogens (tertiary/aromatic N) is 2. The summed E-state index contributed by atoms with van der Waals surface area (Å²) in [5, 5.41) is 3.43. The molecule has 2 unspecified atom stereocenters. The molecule has 2 fully saturated rings. The minimum atomic E-state index is 0.728. The number of piperazine rings is 1. The molecule has 1 N–H and O–H groups in total. The molecule has 0 amide bonds. The van der Waals surface area contributed by atoms with Gasteiger partial charge in [0, 0.05) is 50.0 Å². The Morgan fingerprint density at radius 2 is 1.95 bits per heavy atom. The molecule has 1 saturated heterocycles. The van der Waals surface area contributed by atoms with Crippen molar-refractivity contribution in [3.05, 3.63) is 24.3 Å². The average molecular weight is 289 g/mol. The van der Waals surface area contributed by atoms with Crippen molar-refractivity contribution in [2.45, 2.75) is 31.3 Å². The third-order valence-electron chi connectivity index (χ3n) is 5.06. The van der Waals surface area contributed by atoms with Gasteiger partial charge in [-0.05, 0) is 38.4 Å². The van der Waals surface area contributed by atoms with Crippen LogP contribution in [0.3, 0.4) is 0 Å². The van der Waals surface area contributed by atoms with Crippen LogP contribution in [0.1, 0.15) is 19.3 Å². The summed E-state index contributed by atoms with van der Waals surface area (Å²) in [6.07, 6.45) is 4.00. The van der Waals surface area contributed by atoms with Crippen LogP contribution >= 0.6 is 0 Å². The molecular weight excluding hydrogens is 262 g/mol. The van der Waals surface area contributed by atoms with Crippen LogP contribution in [0, 0.1) is 0 Å². The van der Waals surface area contributed by atoms with Crippen LogP contribution in [0.25, 0.3) is 0 Å². The van der Waals surface area contributed by atoms with Gasteiger partial charge >= 0.3 is 0 Å². The van der Waals surface area contributed by atoms with Crippen molar-refractivity contribution < 1.29 is 4.74 Å². The molecule has 1 saturated carbocycles. The molecule has 3 rings (SSSR count). The van der Waals surface area contributed by atoms with E-state index in [1.165, 1.54) is 38.0 Å². The molecule has 0 radical (unpaired) electrons. The summed E-state index contributed by atoms with van der Waals surface area (Å²) >= 11 is 0.